The Hall–Kier alpha value is -2.90. The molecule has 7 nitrogen and oxygen atoms in total. The smallest absolute Gasteiger partial charge is 0.321 e. The van der Waals surface area contributed by atoms with Gasteiger partial charge in [-0.3, -0.25) is 9.59 Å². The minimum absolute atomic E-state index is 0.0433. The summed E-state index contributed by atoms with van der Waals surface area (Å²) in [5.41, 5.74) is 2.87. The largest absolute Gasteiger partial charge is 0.491 e. The summed E-state index contributed by atoms with van der Waals surface area (Å²) in [5, 5.41) is 8.73. The number of Topliss-reactive ketones (excluding diaryl/α,β-unsaturated/α-hetero) is 1. The molecule has 0 bridgehead atoms. The van der Waals surface area contributed by atoms with Gasteiger partial charge >= 0.3 is 5.97 Å². The molecule has 0 saturated carbocycles. The number of benzene rings is 2. The molecule has 0 fully saturated rings. The van der Waals surface area contributed by atoms with Crippen LogP contribution in [-0.2, 0) is 9.63 Å². The van der Waals surface area contributed by atoms with E-state index in [0.29, 0.717) is 22.8 Å². The molecule has 2 aromatic rings. The summed E-state index contributed by atoms with van der Waals surface area (Å²) < 4.78 is 11.0. The summed E-state index contributed by atoms with van der Waals surface area (Å²) >= 11 is 0. The van der Waals surface area contributed by atoms with Gasteiger partial charge in [-0.05, 0) is 55.5 Å². The predicted octanol–water partition coefficient (Wildman–Crippen LogP) is 2.49. The van der Waals surface area contributed by atoms with Crippen molar-refractivity contribution in [3.63, 3.8) is 0 Å². The van der Waals surface area contributed by atoms with Crippen LogP contribution in [0.5, 0.6) is 17.2 Å². The number of rotatable bonds is 9. The van der Waals surface area contributed by atoms with Crippen molar-refractivity contribution in [1.29, 1.82) is 0 Å². The van der Waals surface area contributed by atoms with E-state index in [-0.39, 0.29) is 19.0 Å². The summed E-state index contributed by atoms with van der Waals surface area (Å²) in [6.07, 6.45) is 0. The molecule has 0 aliphatic rings. The lowest BCUT2D eigenvalue weighted by Crippen LogP contribution is -2.35. The molecule has 0 radical (unpaired) electrons. The minimum Gasteiger partial charge on any atom is -0.491 e. The number of carbonyl (C=O) groups excluding carboxylic acids is 2. The zero-order valence-electron chi connectivity index (χ0n) is 14.6. The monoisotopic (exact) mass is 359 g/mol. The zero-order chi connectivity index (χ0) is 18.9. The van der Waals surface area contributed by atoms with Gasteiger partial charge in [0.05, 0.1) is 6.61 Å². The van der Waals surface area contributed by atoms with Crippen LogP contribution < -0.4 is 15.0 Å². The van der Waals surface area contributed by atoms with Crippen molar-refractivity contribution in [2.24, 2.45) is 0 Å². The highest BCUT2D eigenvalue weighted by Gasteiger charge is 2.16. The fourth-order valence-corrected chi connectivity index (χ4v) is 2.07. The molecule has 0 aliphatic heterocycles. The van der Waals surface area contributed by atoms with Crippen LogP contribution in [0.4, 0.5) is 0 Å². The molecular formula is C19H21NO6. The van der Waals surface area contributed by atoms with E-state index in [2.05, 4.69) is 10.3 Å². The van der Waals surface area contributed by atoms with Crippen LogP contribution in [0, 0.1) is 0 Å². The summed E-state index contributed by atoms with van der Waals surface area (Å²) in [5.74, 6) is 1.11. The number of aliphatic hydroxyl groups is 1. The predicted molar refractivity (Wildman–Crippen MR) is 94.2 cm³/mol. The number of aliphatic hydroxyl groups excluding tert-OH is 1. The number of hydrogen-bond donors (Lipinski definition) is 2. The lowest BCUT2D eigenvalue weighted by Gasteiger charge is -2.12. The molecule has 0 aliphatic carbocycles. The Bertz CT molecular complexity index is 727. The maximum atomic E-state index is 12.2. The van der Waals surface area contributed by atoms with Crippen molar-refractivity contribution in [2.75, 3.05) is 13.2 Å². The van der Waals surface area contributed by atoms with Gasteiger partial charge in [0.15, 0.2) is 5.78 Å². The third-order valence-corrected chi connectivity index (χ3v) is 3.33. The van der Waals surface area contributed by atoms with Crippen LogP contribution in [0.1, 0.15) is 24.2 Å². The Morgan fingerprint density at radius 2 is 1.54 bits per heavy atom. The van der Waals surface area contributed by atoms with Crippen molar-refractivity contribution >= 4 is 11.8 Å². The molecule has 0 amide bonds. The van der Waals surface area contributed by atoms with Gasteiger partial charge in [-0.15, -0.1) is 5.48 Å². The van der Waals surface area contributed by atoms with Crippen molar-refractivity contribution in [2.45, 2.75) is 19.9 Å². The Labute approximate surface area is 151 Å². The molecular weight excluding hydrogens is 338 g/mol. The van der Waals surface area contributed by atoms with Crippen LogP contribution in [0.2, 0.25) is 0 Å². The Morgan fingerprint density at radius 3 is 2.08 bits per heavy atom. The van der Waals surface area contributed by atoms with Crippen LogP contribution >= 0.6 is 0 Å². The van der Waals surface area contributed by atoms with Gasteiger partial charge in [0, 0.05) is 12.5 Å². The Morgan fingerprint density at radius 1 is 1.00 bits per heavy atom. The van der Waals surface area contributed by atoms with Gasteiger partial charge in [-0.1, -0.05) is 0 Å². The highest BCUT2D eigenvalue weighted by molar-refractivity contribution is 5.99. The van der Waals surface area contributed by atoms with E-state index in [9.17, 15) is 9.59 Å². The van der Waals surface area contributed by atoms with Crippen LogP contribution in [0.3, 0.4) is 0 Å². The summed E-state index contributed by atoms with van der Waals surface area (Å²) in [6.45, 7) is 3.05. The van der Waals surface area contributed by atoms with Crippen molar-refractivity contribution in [3.05, 3.63) is 54.1 Å². The maximum absolute atomic E-state index is 12.2. The van der Waals surface area contributed by atoms with Crippen LogP contribution in [-0.4, -0.2) is 36.1 Å². The minimum atomic E-state index is -0.655. The maximum Gasteiger partial charge on any atom is 0.321 e. The second-order valence-electron chi connectivity index (χ2n) is 5.47. The molecule has 0 aromatic heterocycles. The average Bonchev–Trinajstić information content (AvgIpc) is 2.65. The molecule has 2 aromatic carbocycles. The van der Waals surface area contributed by atoms with Crippen molar-refractivity contribution in [1.82, 2.24) is 5.48 Å². The van der Waals surface area contributed by atoms with E-state index in [4.69, 9.17) is 14.6 Å². The van der Waals surface area contributed by atoms with Gasteiger partial charge in [0.25, 0.3) is 0 Å². The number of nitrogens with one attached hydrogen (secondary N) is 1. The molecule has 138 valence electrons. The number of ketones is 1. The number of carbonyl (C=O) groups is 2. The quantitative estimate of drug-likeness (QED) is 0.525. The van der Waals surface area contributed by atoms with Crippen molar-refractivity contribution in [3.8, 4) is 17.2 Å². The van der Waals surface area contributed by atoms with E-state index < -0.39 is 12.0 Å². The summed E-state index contributed by atoms with van der Waals surface area (Å²) in [6, 6.07) is 13.0. The fraction of sp³-hybridized carbons (Fsp3) is 0.263. The van der Waals surface area contributed by atoms with Gasteiger partial charge in [-0.25, -0.2) is 0 Å². The van der Waals surface area contributed by atoms with Crippen molar-refractivity contribution < 1.29 is 29.0 Å². The molecule has 0 heterocycles. The van der Waals surface area contributed by atoms with E-state index >= 15 is 0 Å². The van der Waals surface area contributed by atoms with Crippen LogP contribution in [0.15, 0.2) is 48.5 Å². The third-order valence-electron chi connectivity index (χ3n) is 3.33. The first-order valence-corrected chi connectivity index (χ1v) is 8.08. The fourth-order valence-electron chi connectivity index (χ4n) is 2.07. The summed E-state index contributed by atoms with van der Waals surface area (Å²) in [7, 11) is 0. The SMILES string of the molecule is CC(=O)ONC(C)C(=O)c1ccc(Oc2ccc(OCCO)cc2)cc1. The third kappa shape index (κ3) is 5.87. The molecule has 1 atom stereocenters. The average molecular weight is 359 g/mol. The Kier molecular flexibility index (Phi) is 7.13. The first-order valence-electron chi connectivity index (χ1n) is 8.08. The van der Waals surface area contributed by atoms with E-state index in [1.807, 2.05) is 0 Å². The molecule has 26 heavy (non-hydrogen) atoms. The van der Waals surface area contributed by atoms with Gasteiger partial charge in [-0.2, -0.15) is 0 Å². The Balaban J connectivity index is 1.94. The first kappa shape index (κ1) is 19.4. The first-order chi connectivity index (χ1) is 12.5. The van der Waals surface area contributed by atoms with Crippen LogP contribution in [0.25, 0.3) is 0 Å². The second-order valence-corrected chi connectivity index (χ2v) is 5.47. The summed E-state index contributed by atoms with van der Waals surface area (Å²) in [4.78, 5) is 27.6. The van der Waals surface area contributed by atoms with E-state index in [1.54, 1.807) is 55.5 Å². The lowest BCUT2D eigenvalue weighted by atomic mass is 10.1. The number of hydrogen-bond acceptors (Lipinski definition) is 7. The molecule has 7 heteroatoms. The molecule has 0 spiro atoms. The number of hydroxylamine groups is 1. The van der Waals surface area contributed by atoms with Gasteiger partial charge in [0.1, 0.15) is 29.9 Å². The second kappa shape index (κ2) is 9.55. The highest BCUT2D eigenvalue weighted by atomic mass is 16.7. The normalized spacial score (nSPS) is 11.5. The lowest BCUT2D eigenvalue weighted by molar-refractivity contribution is -0.149. The topological polar surface area (TPSA) is 94.1 Å². The molecule has 1 unspecified atom stereocenters. The van der Waals surface area contributed by atoms with E-state index in [1.165, 1.54) is 6.92 Å². The molecule has 0 saturated heterocycles. The molecule has 2 N–H and O–H groups in total. The van der Waals surface area contributed by atoms with E-state index in [0.717, 1.165) is 0 Å². The zero-order valence-corrected chi connectivity index (χ0v) is 14.6. The standard InChI is InChI=1S/C19H21NO6/c1-13(20-26-14(2)22)19(23)15-3-5-17(6-4-15)25-18-9-7-16(8-10-18)24-12-11-21/h3-10,13,20-21H,11-12H2,1-2H3. The highest BCUT2D eigenvalue weighted by Crippen LogP contribution is 2.24. The molecule has 2 rings (SSSR count). The van der Waals surface area contributed by atoms with Gasteiger partial charge < -0.3 is 19.4 Å². The number of ether oxygens (including phenoxy) is 2. The van der Waals surface area contributed by atoms with Gasteiger partial charge in [0.2, 0.25) is 0 Å².